The van der Waals surface area contributed by atoms with Gasteiger partial charge in [0, 0.05) is 6.54 Å². The van der Waals surface area contributed by atoms with E-state index < -0.39 is 0 Å². The predicted molar refractivity (Wildman–Crippen MR) is 67.0 cm³/mol. The van der Waals surface area contributed by atoms with Gasteiger partial charge in [-0.15, -0.1) is 12.4 Å². The molecule has 2 N–H and O–H groups in total. The van der Waals surface area contributed by atoms with Gasteiger partial charge in [-0.1, -0.05) is 6.42 Å². The molecule has 1 heterocycles. The maximum Gasteiger partial charge on any atom is 0.237 e. The third-order valence-corrected chi connectivity index (χ3v) is 2.48. The monoisotopic (exact) mass is 250 g/mol. The fraction of sp³-hybridized carbons (Fsp3) is 0.909. The number of rotatable bonds is 5. The third kappa shape index (κ3) is 6.30. The number of hydrogen-bond donors (Lipinski definition) is 2. The lowest BCUT2D eigenvalue weighted by molar-refractivity contribution is -0.124. The van der Waals surface area contributed by atoms with Gasteiger partial charge in [0.25, 0.3) is 0 Å². The van der Waals surface area contributed by atoms with Crippen LogP contribution in [0.1, 0.15) is 33.1 Å². The SMILES string of the molecule is CC(C)OCCNC(=O)C1CCCCN1.Cl. The van der Waals surface area contributed by atoms with E-state index in [4.69, 9.17) is 4.74 Å². The smallest absolute Gasteiger partial charge is 0.237 e. The molecule has 0 aromatic carbocycles. The molecule has 16 heavy (non-hydrogen) atoms. The largest absolute Gasteiger partial charge is 0.377 e. The van der Waals surface area contributed by atoms with Crippen LogP contribution >= 0.6 is 12.4 Å². The molecule has 0 aromatic rings. The quantitative estimate of drug-likeness (QED) is 0.719. The van der Waals surface area contributed by atoms with Gasteiger partial charge in [0.15, 0.2) is 0 Å². The lowest BCUT2D eigenvalue weighted by Crippen LogP contribution is -2.47. The fourth-order valence-corrected chi connectivity index (χ4v) is 1.67. The van der Waals surface area contributed by atoms with Crippen LogP contribution in [-0.2, 0) is 9.53 Å². The number of nitrogens with one attached hydrogen (secondary N) is 2. The summed E-state index contributed by atoms with van der Waals surface area (Å²) in [6.07, 6.45) is 3.51. The maximum atomic E-state index is 11.6. The Bertz CT molecular complexity index is 194. The average Bonchev–Trinajstić information content (AvgIpc) is 2.25. The van der Waals surface area contributed by atoms with Crippen molar-refractivity contribution in [1.29, 1.82) is 0 Å². The lowest BCUT2D eigenvalue weighted by Gasteiger charge is -2.22. The van der Waals surface area contributed by atoms with Gasteiger partial charge in [-0.2, -0.15) is 0 Å². The molecule has 4 nitrogen and oxygen atoms in total. The van der Waals surface area contributed by atoms with Gasteiger partial charge in [-0.3, -0.25) is 4.79 Å². The van der Waals surface area contributed by atoms with Crippen molar-refractivity contribution in [3.63, 3.8) is 0 Å². The van der Waals surface area contributed by atoms with Crippen LogP contribution in [0.3, 0.4) is 0 Å². The van der Waals surface area contributed by atoms with Gasteiger partial charge in [-0.05, 0) is 33.2 Å². The lowest BCUT2D eigenvalue weighted by atomic mass is 10.0. The van der Waals surface area contributed by atoms with Crippen molar-refractivity contribution in [2.75, 3.05) is 19.7 Å². The minimum atomic E-state index is 0. The Morgan fingerprint density at radius 3 is 2.81 bits per heavy atom. The third-order valence-electron chi connectivity index (χ3n) is 2.48. The van der Waals surface area contributed by atoms with Crippen molar-refractivity contribution >= 4 is 18.3 Å². The number of carbonyl (C=O) groups is 1. The Morgan fingerprint density at radius 1 is 1.50 bits per heavy atom. The second kappa shape index (κ2) is 8.79. The molecule has 0 bridgehead atoms. The van der Waals surface area contributed by atoms with E-state index in [1.54, 1.807) is 0 Å². The molecule has 0 radical (unpaired) electrons. The second-order valence-electron chi connectivity index (χ2n) is 4.21. The van der Waals surface area contributed by atoms with E-state index >= 15 is 0 Å². The number of carbonyl (C=O) groups excluding carboxylic acids is 1. The normalized spacial score (nSPS) is 20.3. The average molecular weight is 251 g/mol. The number of halogens is 1. The summed E-state index contributed by atoms with van der Waals surface area (Å²) < 4.78 is 5.34. The molecule has 0 spiro atoms. The van der Waals surface area contributed by atoms with Crippen molar-refractivity contribution in [3.8, 4) is 0 Å². The Hall–Kier alpha value is -0.320. The highest BCUT2D eigenvalue weighted by Gasteiger charge is 2.19. The molecule has 1 rings (SSSR count). The standard InChI is InChI=1S/C11H22N2O2.ClH/c1-9(2)15-8-7-13-11(14)10-5-3-4-6-12-10;/h9-10,12H,3-8H2,1-2H3,(H,13,14);1H. The zero-order valence-electron chi connectivity index (χ0n) is 10.1. The molecule has 0 aliphatic carbocycles. The Morgan fingerprint density at radius 2 is 2.25 bits per heavy atom. The van der Waals surface area contributed by atoms with Crippen LogP contribution in [0, 0.1) is 0 Å². The van der Waals surface area contributed by atoms with Crippen LogP contribution in [0.2, 0.25) is 0 Å². The number of piperidine rings is 1. The molecular formula is C11H23ClN2O2. The zero-order chi connectivity index (χ0) is 11.1. The van der Waals surface area contributed by atoms with Crippen molar-refractivity contribution < 1.29 is 9.53 Å². The second-order valence-corrected chi connectivity index (χ2v) is 4.21. The van der Waals surface area contributed by atoms with Crippen molar-refractivity contribution in [2.45, 2.75) is 45.3 Å². The highest BCUT2D eigenvalue weighted by Crippen LogP contribution is 2.06. The Kier molecular flexibility index (Phi) is 8.61. The van der Waals surface area contributed by atoms with E-state index in [1.165, 1.54) is 6.42 Å². The van der Waals surface area contributed by atoms with E-state index in [-0.39, 0.29) is 30.5 Å². The fourth-order valence-electron chi connectivity index (χ4n) is 1.67. The first-order chi connectivity index (χ1) is 7.20. The zero-order valence-corrected chi connectivity index (χ0v) is 10.9. The summed E-state index contributed by atoms with van der Waals surface area (Å²) >= 11 is 0. The van der Waals surface area contributed by atoms with Crippen LogP contribution in [0.15, 0.2) is 0 Å². The maximum absolute atomic E-state index is 11.6. The summed E-state index contributed by atoms with van der Waals surface area (Å²) in [6.45, 7) is 6.14. The van der Waals surface area contributed by atoms with Crippen LogP contribution < -0.4 is 10.6 Å². The number of ether oxygens (including phenoxy) is 1. The highest BCUT2D eigenvalue weighted by atomic mass is 35.5. The minimum absolute atomic E-state index is 0. The summed E-state index contributed by atoms with van der Waals surface area (Å²) in [5.74, 6) is 0.113. The van der Waals surface area contributed by atoms with E-state index in [0.29, 0.717) is 13.2 Å². The highest BCUT2D eigenvalue weighted by molar-refractivity contribution is 5.85. The summed E-state index contributed by atoms with van der Waals surface area (Å²) in [7, 11) is 0. The number of amides is 1. The van der Waals surface area contributed by atoms with E-state index in [1.807, 2.05) is 13.8 Å². The van der Waals surface area contributed by atoms with Gasteiger partial charge in [-0.25, -0.2) is 0 Å². The molecule has 0 aromatic heterocycles. The molecule has 5 heteroatoms. The van der Waals surface area contributed by atoms with E-state index in [0.717, 1.165) is 19.4 Å². The number of hydrogen-bond acceptors (Lipinski definition) is 3. The van der Waals surface area contributed by atoms with Crippen LogP contribution in [0.5, 0.6) is 0 Å². The molecule has 0 saturated carbocycles. The summed E-state index contributed by atoms with van der Waals surface area (Å²) in [6, 6.07) is 0.0119. The van der Waals surface area contributed by atoms with Crippen LogP contribution in [-0.4, -0.2) is 37.7 Å². The Labute approximate surface area is 104 Å². The first-order valence-electron chi connectivity index (χ1n) is 5.83. The van der Waals surface area contributed by atoms with Crippen molar-refractivity contribution in [1.82, 2.24) is 10.6 Å². The molecule has 1 aliphatic rings. The van der Waals surface area contributed by atoms with Gasteiger partial charge in [0.05, 0.1) is 18.8 Å². The topological polar surface area (TPSA) is 50.4 Å². The Balaban J connectivity index is 0.00000225. The molecule has 1 aliphatic heterocycles. The summed E-state index contributed by atoms with van der Waals surface area (Å²) in [5.41, 5.74) is 0. The molecular weight excluding hydrogens is 228 g/mol. The van der Waals surface area contributed by atoms with E-state index in [2.05, 4.69) is 10.6 Å². The molecule has 1 unspecified atom stereocenters. The molecule has 1 fully saturated rings. The molecule has 1 amide bonds. The molecule has 1 atom stereocenters. The summed E-state index contributed by atoms with van der Waals surface area (Å²) in [5, 5.41) is 6.10. The predicted octanol–water partition coefficient (Wildman–Crippen LogP) is 1.09. The minimum Gasteiger partial charge on any atom is -0.377 e. The van der Waals surface area contributed by atoms with Crippen LogP contribution in [0.4, 0.5) is 0 Å². The van der Waals surface area contributed by atoms with Crippen molar-refractivity contribution in [2.24, 2.45) is 0 Å². The first-order valence-corrected chi connectivity index (χ1v) is 5.83. The summed E-state index contributed by atoms with van der Waals surface area (Å²) in [4.78, 5) is 11.6. The van der Waals surface area contributed by atoms with Crippen molar-refractivity contribution in [3.05, 3.63) is 0 Å². The van der Waals surface area contributed by atoms with Crippen LogP contribution in [0.25, 0.3) is 0 Å². The van der Waals surface area contributed by atoms with Gasteiger partial charge >= 0.3 is 0 Å². The molecule has 96 valence electrons. The van der Waals surface area contributed by atoms with Gasteiger partial charge in [0.2, 0.25) is 5.91 Å². The van der Waals surface area contributed by atoms with E-state index in [9.17, 15) is 4.79 Å². The molecule has 1 saturated heterocycles. The van der Waals surface area contributed by atoms with Gasteiger partial charge in [0.1, 0.15) is 0 Å². The van der Waals surface area contributed by atoms with Gasteiger partial charge < -0.3 is 15.4 Å². The first kappa shape index (κ1) is 15.7.